The van der Waals surface area contributed by atoms with Gasteiger partial charge in [-0.1, -0.05) is 18.2 Å². The van der Waals surface area contributed by atoms with Gasteiger partial charge < -0.3 is 4.74 Å². The van der Waals surface area contributed by atoms with E-state index in [9.17, 15) is 4.79 Å². The van der Waals surface area contributed by atoms with Gasteiger partial charge in [-0.3, -0.25) is 14.3 Å². The minimum atomic E-state index is 0.0505. The lowest BCUT2D eigenvalue weighted by Gasteiger charge is -2.62. The minimum Gasteiger partial charge on any atom is -0.377 e. The number of carbonyl (C=O) groups is 1. The summed E-state index contributed by atoms with van der Waals surface area (Å²) in [5, 5.41) is 1.28. The molecule has 1 aromatic carbocycles. The number of hydrogen-bond acceptors (Lipinski definition) is 3. The first-order valence-corrected chi connectivity index (χ1v) is 8.31. The molecule has 112 valence electrons. The molecule has 0 aliphatic carbocycles. The molecule has 2 fully saturated rings. The summed E-state index contributed by atoms with van der Waals surface area (Å²) in [6.07, 6.45) is 3.08. The number of nitrogens with zero attached hydrogens (tertiary/aromatic N) is 2. The van der Waals surface area contributed by atoms with Crippen LogP contribution in [0, 0.1) is 5.41 Å². The number of benzene rings is 1. The van der Waals surface area contributed by atoms with Crippen LogP contribution in [0.25, 0.3) is 10.9 Å². The Kier molecular flexibility index (Phi) is 1.96. The number of carbonyl (C=O) groups excluding carboxylic acids is 1. The van der Waals surface area contributed by atoms with Crippen molar-refractivity contribution in [3.8, 4) is 0 Å². The van der Waals surface area contributed by atoms with Gasteiger partial charge in [0.1, 0.15) is 0 Å². The Bertz CT molecular complexity index is 839. The van der Waals surface area contributed by atoms with Crippen LogP contribution in [-0.4, -0.2) is 41.2 Å². The average Bonchev–Trinajstić information content (AvgIpc) is 2.86. The Morgan fingerprint density at radius 1 is 1.23 bits per heavy atom. The number of rotatable bonds is 0. The second kappa shape index (κ2) is 3.63. The summed E-state index contributed by atoms with van der Waals surface area (Å²) in [6, 6.07) is 8.80. The molecular weight excluding hydrogens is 276 g/mol. The minimum absolute atomic E-state index is 0.0505. The number of piperidine rings is 1. The molecule has 2 aromatic rings. The third-order valence-electron chi connectivity index (χ3n) is 6.44. The van der Waals surface area contributed by atoms with Gasteiger partial charge in [-0.2, -0.15) is 0 Å². The largest absolute Gasteiger partial charge is 0.377 e. The van der Waals surface area contributed by atoms with Crippen molar-refractivity contribution in [2.75, 3.05) is 19.7 Å². The molecule has 0 amide bonds. The molecule has 0 saturated carbocycles. The Balaban J connectivity index is 1.72. The Labute approximate surface area is 128 Å². The SMILES string of the molecule is O=C1C[C@]23CO[C@H]2CCN2CCc4c(n1c1ccccc41)[C@@H]23. The van der Waals surface area contributed by atoms with E-state index in [0.717, 1.165) is 38.1 Å². The number of ether oxygens (including phenoxy) is 1. The first-order valence-electron chi connectivity index (χ1n) is 8.31. The van der Waals surface area contributed by atoms with Crippen molar-refractivity contribution in [3.63, 3.8) is 0 Å². The van der Waals surface area contributed by atoms with Gasteiger partial charge in [-0.15, -0.1) is 0 Å². The first kappa shape index (κ1) is 11.9. The van der Waals surface area contributed by atoms with Crippen LogP contribution in [-0.2, 0) is 11.2 Å². The number of para-hydroxylation sites is 1. The first-order chi connectivity index (χ1) is 10.8. The smallest absolute Gasteiger partial charge is 0.232 e. The summed E-state index contributed by atoms with van der Waals surface area (Å²) in [5.74, 6) is 0.269. The predicted molar refractivity (Wildman–Crippen MR) is 82.0 cm³/mol. The standard InChI is InChI=1S/C18H18N2O2/c21-15-9-18-10-22-14(18)6-8-19-7-5-12-11-3-1-2-4-13(11)20(15)16(12)17(18)19/h1-4,14,17H,5-10H2/t14-,17+,18-/m0/s1. The summed E-state index contributed by atoms with van der Waals surface area (Å²) >= 11 is 0. The van der Waals surface area contributed by atoms with Gasteiger partial charge >= 0.3 is 0 Å². The monoisotopic (exact) mass is 294 g/mol. The lowest BCUT2D eigenvalue weighted by Crippen LogP contribution is -2.67. The van der Waals surface area contributed by atoms with Crippen LogP contribution in [0.3, 0.4) is 0 Å². The van der Waals surface area contributed by atoms with E-state index in [1.165, 1.54) is 16.6 Å². The zero-order chi connectivity index (χ0) is 14.5. The molecule has 1 spiro atoms. The average molecular weight is 294 g/mol. The molecule has 4 heteroatoms. The second-order valence-corrected chi connectivity index (χ2v) is 7.30. The highest BCUT2D eigenvalue weighted by atomic mass is 16.5. The van der Waals surface area contributed by atoms with E-state index >= 15 is 0 Å². The van der Waals surface area contributed by atoms with Crippen LogP contribution >= 0.6 is 0 Å². The molecule has 6 rings (SSSR count). The molecule has 0 N–H and O–H groups in total. The highest BCUT2D eigenvalue weighted by Gasteiger charge is 2.63. The van der Waals surface area contributed by atoms with Crippen molar-refractivity contribution in [1.82, 2.24) is 9.47 Å². The summed E-state index contributed by atoms with van der Waals surface area (Å²) in [7, 11) is 0. The van der Waals surface area contributed by atoms with Gasteiger partial charge in [0.2, 0.25) is 5.91 Å². The summed E-state index contributed by atoms with van der Waals surface area (Å²) < 4.78 is 7.89. The molecule has 4 aliphatic rings. The number of aromatic nitrogens is 1. The molecule has 0 radical (unpaired) electrons. The van der Waals surface area contributed by atoms with E-state index in [1.807, 2.05) is 10.6 Å². The van der Waals surface area contributed by atoms with Crippen molar-refractivity contribution >= 4 is 16.8 Å². The van der Waals surface area contributed by atoms with Gasteiger partial charge in [0, 0.05) is 36.0 Å². The van der Waals surface area contributed by atoms with E-state index in [1.54, 1.807) is 0 Å². The molecule has 5 heterocycles. The molecule has 0 bridgehead atoms. The van der Waals surface area contributed by atoms with Crippen LogP contribution in [0.5, 0.6) is 0 Å². The van der Waals surface area contributed by atoms with E-state index in [-0.39, 0.29) is 17.4 Å². The van der Waals surface area contributed by atoms with E-state index in [0.29, 0.717) is 12.5 Å². The fourth-order valence-corrected chi connectivity index (χ4v) is 5.53. The van der Waals surface area contributed by atoms with Crippen LogP contribution < -0.4 is 0 Å². The number of hydrogen-bond donors (Lipinski definition) is 0. The quantitative estimate of drug-likeness (QED) is 0.748. The highest BCUT2D eigenvalue weighted by Crippen LogP contribution is 2.60. The van der Waals surface area contributed by atoms with Crippen molar-refractivity contribution in [2.45, 2.75) is 31.4 Å². The van der Waals surface area contributed by atoms with Gasteiger partial charge in [-0.05, 0) is 24.5 Å². The molecule has 4 nitrogen and oxygen atoms in total. The van der Waals surface area contributed by atoms with E-state index < -0.39 is 0 Å². The zero-order valence-corrected chi connectivity index (χ0v) is 12.4. The maximum Gasteiger partial charge on any atom is 0.232 e. The van der Waals surface area contributed by atoms with Crippen LogP contribution in [0.1, 0.15) is 34.9 Å². The van der Waals surface area contributed by atoms with Crippen molar-refractivity contribution < 1.29 is 9.53 Å². The molecule has 0 unspecified atom stereocenters. The van der Waals surface area contributed by atoms with Crippen LogP contribution in [0.2, 0.25) is 0 Å². The summed E-state index contributed by atoms with van der Waals surface area (Å²) in [4.78, 5) is 15.6. The van der Waals surface area contributed by atoms with Gasteiger partial charge in [0.05, 0.1) is 24.3 Å². The molecular formula is C18H18N2O2. The highest BCUT2D eigenvalue weighted by molar-refractivity contribution is 5.98. The maximum absolute atomic E-state index is 13.0. The predicted octanol–water partition coefficient (Wildman–Crippen LogP) is 2.37. The zero-order valence-electron chi connectivity index (χ0n) is 12.4. The molecule has 2 saturated heterocycles. The molecule has 22 heavy (non-hydrogen) atoms. The second-order valence-electron chi connectivity index (χ2n) is 7.30. The van der Waals surface area contributed by atoms with Crippen molar-refractivity contribution in [2.24, 2.45) is 5.41 Å². The topological polar surface area (TPSA) is 34.5 Å². The van der Waals surface area contributed by atoms with Crippen molar-refractivity contribution in [1.29, 1.82) is 0 Å². The summed E-state index contributed by atoms with van der Waals surface area (Å²) in [6.45, 7) is 2.98. The van der Waals surface area contributed by atoms with E-state index in [2.05, 4.69) is 23.1 Å². The van der Waals surface area contributed by atoms with Crippen LogP contribution in [0.4, 0.5) is 0 Å². The van der Waals surface area contributed by atoms with Gasteiger partial charge in [0.25, 0.3) is 0 Å². The molecule has 4 aliphatic heterocycles. The maximum atomic E-state index is 13.0. The fourth-order valence-electron chi connectivity index (χ4n) is 5.53. The Morgan fingerprint density at radius 3 is 3.00 bits per heavy atom. The third-order valence-corrected chi connectivity index (χ3v) is 6.44. The normalized spacial score (nSPS) is 35.9. The van der Waals surface area contributed by atoms with Gasteiger partial charge in [-0.25, -0.2) is 0 Å². The van der Waals surface area contributed by atoms with Crippen molar-refractivity contribution in [3.05, 3.63) is 35.5 Å². The molecule has 1 aromatic heterocycles. The lowest BCUT2D eigenvalue weighted by molar-refractivity contribution is -0.249. The molecule has 3 atom stereocenters. The van der Waals surface area contributed by atoms with Gasteiger partial charge in [0.15, 0.2) is 0 Å². The number of fused-ring (bicyclic) bond motifs is 3. The third kappa shape index (κ3) is 1.12. The lowest BCUT2D eigenvalue weighted by atomic mass is 9.62. The summed E-state index contributed by atoms with van der Waals surface area (Å²) in [5.41, 5.74) is 3.86. The van der Waals surface area contributed by atoms with Crippen LogP contribution in [0.15, 0.2) is 24.3 Å². The Morgan fingerprint density at radius 2 is 2.14 bits per heavy atom. The fraction of sp³-hybridized carbons (Fsp3) is 0.500. The Hall–Kier alpha value is -1.65. The van der Waals surface area contributed by atoms with E-state index in [4.69, 9.17) is 4.74 Å².